The van der Waals surface area contributed by atoms with Crippen LogP contribution in [0.3, 0.4) is 0 Å². The molecular weight excluding hydrogens is 232 g/mol. The van der Waals surface area contributed by atoms with Gasteiger partial charge in [0.15, 0.2) is 0 Å². The van der Waals surface area contributed by atoms with Crippen LogP contribution in [-0.4, -0.2) is 42.5 Å². The van der Waals surface area contributed by atoms with E-state index in [9.17, 15) is 9.59 Å². The number of carboxylic acids is 1. The van der Waals surface area contributed by atoms with Crippen molar-refractivity contribution < 1.29 is 14.7 Å². The van der Waals surface area contributed by atoms with Gasteiger partial charge in [-0.15, -0.1) is 0 Å². The molecule has 0 bridgehead atoms. The second-order valence-electron chi connectivity index (χ2n) is 4.17. The summed E-state index contributed by atoms with van der Waals surface area (Å²) in [5, 5.41) is 12.0. The Balaban J connectivity index is 2.56. The second kappa shape index (κ2) is 6.76. The van der Waals surface area contributed by atoms with Crippen LogP contribution < -0.4 is 5.32 Å². The molecule has 0 saturated heterocycles. The zero-order valence-electron chi connectivity index (χ0n) is 10.6. The molecule has 0 aliphatic heterocycles. The second-order valence-corrected chi connectivity index (χ2v) is 4.17. The summed E-state index contributed by atoms with van der Waals surface area (Å²) in [6, 6.07) is 8.13. The Labute approximate surface area is 106 Å². The van der Waals surface area contributed by atoms with Crippen molar-refractivity contribution in [2.75, 3.05) is 20.6 Å². The van der Waals surface area contributed by atoms with Gasteiger partial charge in [-0.3, -0.25) is 9.59 Å². The van der Waals surface area contributed by atoms with Crippen LogP contribution in [0.4, 0.5) is 0 Å². The lowest BCUT2D eigenvalue weighted by molar-refractivity contribution is -0.140. The van der Waals surface area contributed by atoms with E-state index < -0.39 is 12.0 Å². The van der Waals surface area contributed by atoms with Gasteiger partial charge in [-0.25, -0.2) is 0 Å². The number of carbonyl (C=O) groups excluding carboxylic acids is 1. The third-order valence-corrected chi connectivity index (χ3v) is 2.57. The fraction of sp³-hybridized carbons (Fsp3) is 0.385. The van der Waals surface area contributed by atoms with Gasteiger partial charge in [-0.1, -0.05) is 30.3 Å². The zero-order chi connectivity index (χ0) is 13.5. The van der Waals surface area contributed by atoms with Gasteiger partial charge in [0.25, 0.3) is 0 Å². The quantitative estimate of drug-likeness (QED) is 0.786. The number of carbonyl (C=O) groups is 2. The smallest absolute Gasteiger partial charge is 0.325 e. The number of benzene rings is 1. The third-order valence-electron chi connectivity index (χ3n) is 2.57. The normalized spacial score (nSPS) is 11.9. The van der Waals surface area contributed by atoms with Crippen LogP contribution in [0.15, 0.2) is 30.3 Å². The molecule has 1 unspecified atom stereocenters. The zero-order valence-corrected chi connectivity index (χ0v) is 10.6. The first-order valence-corrected chi connectivity index (χ1v) is 5.73. The first-order valence-electron chi connectivity index (χ1n) is 5.73. The molecule has 0 spiro atoms. The van der Waals surface area contributed by atoms with Gasteiger partial charge in [0, 0.05) is 27.1 Å². The minimum Gasteiger partial charge on any atom is -0.480 e. The number of amides is 1. The number of nitrogens with zero attached hydrogens (tertiary/aromatic N) is 1. The number of aliphatic carboxylic acids is 1. The summed E-state index contributed by atoms with van der Waals surface area (Å²) in [6.07, 6.45) is 0.281. The van der Waals surface area contributed by atoms with Crippen LogP contribution in [0, 0.1) is 0 Å². The molecule has 98 valence electrons. The molecule has 5 nitrogen and oxygen atoms in total. The Morgan fingerprint density at radius 3 is 2.39 bits per heavy atom. The predicted octanol–water partition coefficient (Wildman–Crippen LogP) is 0.880. The molecule has 2 N–H and O–H groups in total. The van der Waals surface area contributed by atoms with Gasteiger partial charge in [0.2, 0.25) is 5.91 Å². The molecule has 0 fully saturated rings. The summed E-state index contributed by atoms with van der Waals surface area (Å²) < 4.78 is 0. The van der Waals surface area contributed by atoms with Crippen molar-refractivity contribution in [2.45, 2.75) is 12.5 Å². The molecule has 0 aliphatic rings. The van der Waals surface area contributed by atoms with E-state index in [1.54, 1.807) is 38.4 Å². The van der Waals surface area contributed by atoms with E-state index in [0.29, 0.717) is 12.1 Å². The largest absolute Gasteiger partial charge is 0.480 e. The Morgan fingerprint density at radius 2 is 1.89 bits per heavy atom. The molecule has 5 heteroatoms. The van der Waals surface area contributed by atoms with Crippen molar-refractivity contribution >= 4 is 11.9 Å². The number of rotatable bonds is 6. The molecule has 0 aromatic heterocycles. The molecule has 0 radical (unpaired) electrons. The highest BCUT2D eigenvalue weighted by Crippen LogP contribution is 2.12. The number of hydrogen-bond acceptors (Lipinski definition) is 3. The number of carboxylic acid groups (broad SMARTS) is 1. The van der Waals surface area contributed by atoms with Crippen molar-refractivity contribution in [2.24, 2.45) is 0 Å². The van der Waals surface area contributed by atoms with Crippen molar-refractivity contribution in [3.05, 3.63) is 35.9 Å². The van der Waals surface area contributed by atoms with Crippen molar-refractivity contribution in [3.63, 3.8) is 0 Å². The van der Waals surface area contributed by atoms with Crippen molar-refractivity contribution in [3.8, 4) is 0 Å². The summed E-state index contributed by atoms with van der Waals surface area (Å²) in [5.41, 5.74) is 0.683. The highest BCUT2D eigenvalue weighted by molar-refractivity contribution is 5.77. The molecule has 1 aromatic rings. The van der Waals surface area contributed by atoms with Gasteiger partial charge in [0.1, 0.15) is 6.04 Å². The first-order chi connectivity index (χ1) is 8.52. The topological polar surface area (TPSA) is 69.6 Å². The average Bonchev–Trinajstić information content (AvgIpc) is 2.34. The molecule has 0 heterocycles. The van der Waals surface area contributed by atoms with Gasteiger partial charge < -0.3 is 15.3 Å². The highest BCUT2D eigenvalue weighted by Gasteiger charge is 2.18. The minimum absolute atomic E-state index is 0.0281. The first kappa shape index (κ1) is 14.2. The summed E-state index contributed by atoms with van der Waals surface area (Å²) in [5.74, 6) is -0.974. The maximum Gasteiger partial charge on any atom is 0.325 e. The standard InChI is InChI=1S/C13H18N2O3/c1-15(2)11(16)8-9-14-12(13(17)18)10-6-4-3-5-7-10/h3-7,12,14H,8-9H2,1-2H3,(H,17,18). The maximum atomic E-state index is 11.4. The van der Waals surface area contributed by atoms with E-state index in [1.807, 2.05) is 6.07 Å². The molecule has 1 atom stereocenters. The Kier molecular flexibility index (Phi) is 5.32. The van der Waals surface area contributed by atoms with Crippen LogP contribution in [0.1, 0.15) is 18.0 Å². The van der Waals surface area contributed by atoms with Crippen molar-refractivity contribution in [1.29, 1.82) is 0 Å². The molecule has 1 amide bonds. The average molecular weight is 250 g/mol. The lowest BCUT2D eigenvalue weighted by Gasteiger charge is -2.15. The summed E-state index contributed by atoms with van der Waals surface area (Å²) in [4.78, 5) is 24.0. The molecule has 18 heavy (non-hydrogen) atoms. The van der Waals surface area contributed by atoms with Gasteiger partial charge >= 0.3 is 5.97 Å². The number of nitrogens with one attached hydrogen (secondary N) is 1. The monoisotopic (exact) mass is 250 g/mol. The molecular formula is C13H18N2O3. The SMILES string of the molecule is CN(C)C(=O)CCNC(C(=O)O)c1ccccc1. The van der Waals surface area contributed by atoms with E-state index in [1.165, 1.54) is 4.90 Å². The highest BCUT2D eigenvalue weighted by atomic mass is 16.4. The van der Waals surface area contributed by atoms with Crippen LogP contribution in [-0.2, 0) is 9.59 Å². The fourth-order valence-corrected chi connectivity index (χ4v) is 1.54. The summed E-state index contributed by atoms with van der Waals surface area (Å²) in [7, 11) is 3.35. The lowest BCUT2D eigenvalue weighted by atomic mass is 10.1. The third kappa shape index (κ3) is 4.18. The number of hydrogen-bond donors (Lipinski definition) is 2. The van der Waals surface area contributed by atoms with Crippen LogP contribution in [0.2, 0.25) is 0 Å². The van der Waals surface area contributed by atoms with Crippen molar-refractivity contribution in [1.82, 2.24) is 10.2 Å². The Bertz CT molecular complexity index is 404. The van der Waals surface area contributed by atoms with Crippen LogP contribution in [0.5, 0.6) is 0 Å². The summed E-state index contributed by atoms with van der Waals surface area (Å²) in [6.45, 7) is 0.336. The van der Waals surface area contributed by atoms with Gasteiger partial charge in [0.05, 0.1) is 0 Å². The molecule has 1 aromatic carbocycles. The van der Waals surface area contributed by atoms with E-state index in [2.05, 4.69) is 5.32 Å². The van der Waals surface area contributed by atoms with Crippen LogP contribution >= 0.6 is 0 Å². The Morgan fingerprint density at radius 1 is 1.28 bits per heavy atom. The molecule has 1 rings (SSSR count). The fourth-order valence-electron chi connectivity index (χ4n) is 1.54. The van der Waals surface area contributed by atoms with Crippen LogP contribution in [0.25, 0.3) is 0 Å². The molecule has 0 aliphatic carbocycles. The minimum atomic E-state index is -0.946. The van der Waals surface area contributed by atoms with Gasteiger partial charge in [-0.05, 0) is 5.56 Å². The summed E-state index contributed by atoms with van der Waals surface area (Å²) >= 11 is 0. The van der Waals surface area contributed by atoms with E-state index >= 15 is 0 Å². The molecule has 0 saturated carbocycles. The predicted molar refractivity (Wildman–Crippen MR) is 68.1 cm³/mol. The lowest BCUT2D eigenvalue weighted by Crippen LogP contribution is -2.32. The van der Waals surface area contributed by atoms with E-state index in [-0.39, 0.29) is 12.3 Å². The van der Waals surface area contributed by atoms with E-state index in [0.717, 1.165) is 0 Å². The Hall–Kier alpha value is -1.88. The van der Waals surface area contributed by atoms with E-state index in [4.69, 9.17) is 5.11 Å². The maximum absolute atomic E-state index is 11.4. The van der Waals surface area contributed by atoms with Gasteiger partial charge in [-0.2, -0.15) is 0 Å².